The van der Waals surface area contributed by atoms with Crippen molar-refractivity contribution in [3.05, 3.63) is 0 Å². The fourth-order valence-electron chi connectivity index (χ4n) is 1.81. The summed E-state index contributed by atoms with van der Waals surface area (Å²) >= 11 is 0. The highest BCUT2D eigenvalue weighted by atomic mass is 16.3. The maximum Gasteiger partial charge on any atom is 0.237 e. The van der Waals surface area contributed by atoms with Crippen LogP contribution < -0.4 is 5.32 Å². The molecular formula is C12H24N2O2. The van der Waals surface area contributed by atoms with Crippen LogP contribution >= 0.6 is 0 Å². The van der Waals surface area contributed by atoms with Gasteiger partial charge in [0.15, 0.2) is 0 Å². The summed E-state index contributed by atoms with van der Waals surface area (Å²) in [6, 6.07) is -0.150. The lowest BCUT2D eigenvalue weighted by Crippen LogP contribution is -2.51. The molecule has 1 heterocycles. The number of β-amino-alcohol motifs (C(OH)–C–C–N with tert-alkyl or cyclic N) is 1. The quantitative estimate of drug-likeness (QED) is 0.746. The van der Waals surface area contributed by atoms with Crippen molar-refractivity contribution in [2.24, 2.45) is 0 Å². The molecule has 1 aliphatic rings. The van der Waals surface area contributed by atoms with E-state index in [2.05, 4.69) is 12.2 Å². The summed E-state index contributed by atoms with van der Waals surface area (Å²) in [5, 5.41) is 12.5. The molecule has 4 nitrogen and oxygen atoms in total. The standard InChI is InChI=1S/C12H24N2O2/c1-5-12(3,4)13-11(16)9(2)14-7-6-10(15)8-14/h9-10,15H,5-8H2,1-4H3,(H,13,16)/t9?,10-/m1/s1. The summed E-state index contributed by atoms with van der Waals surface area (Å²) < 4.78 is 0. The van der Waals surface area contributed by atoms with Crippen LogP contribution in [0.2, 0.25) is 0 Å². The second-order valence-electron chi connectivity index (χ2n) is 5.34. The predicted molar refractivity (Wildman–Crippen MR) is 64.2 cm³/mol. The predicted octanol–water partition coefficient (Wildman–Crippen LogP) is 0.746. The van der Waals surface area contributed by atoms with Gasteiger partial charge in [0.2, 0.25) is 5.91 Å². The second-order valence-corrected chi connectivity index (χ2v) is 5.34. The van der Waals surface area contributed by atoms with Crippen molar-refractivity contribution in [2.45, 2.75) is 58.2 Å². The van der Waals surface area contributed by atoms with Crippen LogP contribution in [-0.2, 0) is 4.79 Å². The number of hydrogen-bond donors (Lipinski definition) is 2. The zero-order valence-electron chi connectivity index (χ0n) is 10.8. The van der Waals surface area contributed by atoms with Crippen LogP contribution in [0.5, 0.6) is 0 Å². The fraction of sp³-hybridized carbons (Fsp3) is 0.917. The highest BCUT2D eigenvalue weighted by Crippen LogP contribution is 2.14. The first-order valence-corrected chi connectivity index (χ1v) is 6.10. The molecule has 2 N–H and O–H groups in total. The average Bonchev–Trinajstić information content (AvgIpc) is 2.63. The number of nitrogens with zero attached hydrogens (tertiary/aromatic N) is 1. The van der Waals surface area contributed by atoms with Crippen molar-refractivity contribution < 1.29 is 9.90 Å². The number of aliphatic hydroxyl groups is 1. The van der Waals surface area contributed by atoms with E-state index in [1.54, 1.807) is 0 Å². The van der Waals surface area contributed by atoms with E-state index in [1.807, 2.05) is 25.7 Å². The Labute approximate surface area is 98.0 Å². The smallest absolute Gasteiger partial charge is 0.237 e. The van der Waals surface area contributed by atoms with E-state index in [0.717, 1.165) is 19.4 Å². The molecule has 0 saturated carbocycles. The van der Waals surface area contributed by atoms with Crippen LogP contribution in [0.15, 0.2) is 0 Å². The van der Waals surface area contributed by atoms with E-state index >= 15 is 0 Å². The number of amides is 1. The Bertz CT molecular complexity index is 253. The van der Waals surface area contributed by atoms with Gasteiger partial charge in [-0.1, -0.05) is 6.92 Å². The Morgan fingerprint density at radius 1 is 1.62 bits per heavy atom. The molecule has 4 heteroatoms. The van der Waals surface area contributed by atoms with E-state index in [4.69, 9.17) is 0 Å². The highest BCUT2D eigenvalue weighted by molar-refractivity contribution is 5.82. The van der Waals surface area contributed by atoms with Gasteiger partial charge in [-0.2, -0.15) is 0 Å². The molecular weight excluding hydrogens is 204 g/mol. The summed E-state index contributed by atoms with van der Waals surface area (Å²) in [5.41, 5.74) is -0.149. The number of carbonyl (C=O) groups excluding carboxylic acids is 1. The summed E-state index contributed by atoms with van der Waals surface area (Å²) in [5.74, 6) is 0.0564. The summed E-state index contributed by atoms with van der Waals surface area (Å²) in [4.78, 5) is 14.0. The lowest BCUT2D eigenvalue weighted by molar-refractivity contribution is -0.127. The first kappa shape index (κ1) is 13.5. The summed E-state index contributed by atoms with van der Waals surface area (Å²) in [6.07, 6.45) is 1.41. The lowest BCUT2D eigenvalue weighted by atomic mass is 10.0. The maximum absolute atomic E-state index is 12.0. The first-order valence-electron chi connectivity index (χ1n) is 6.10. The highest BCUT2D eigenvalue weighted by Gasteiger charge is 2.30. The Morgan fingerprint density at radius 2 is 2.25 bits per heavy atom. The van der Waals surface area contributed by atoms with E-state index < -0.39 is 0 Å². The molecule has 94 valence electrons. The van der Waals surface area contributed by atoms with Crippen LogP contribution in [0.3, 0.4) is 0 Å². The molecule has 1 unspecified atom stereocenters. The van der Waals surface area contributed by atoms with Crippen LogP contribution in [0.1, 0.15) is 40.5 Å². The average molecular weight is 228 g/mol. The van der Waals surface area contributed by atoms with Crippen molar-refractivity contribution in [2.75, 3.05) is 13.1 Å². The fourth-order valence-corrected chi connectivity index (χ4v) is 1.81. The maximum atomic E-state index is 12.0. The van der Waals surface area contributed by atoms with Gasteiger partial charge < -0.3 is 10.4 Å². The summed E-state index contributed by atoms with van der Waals surface area (Å²) in [7, 11) is 0. The van der Waals surface area contributed by atoms with E-state index in [9.17, 15) is 9.90 Å². The van der Waals surface area contributed by atoms with Gasteiger partial charge in [-0.05, 0) is 33.6 Å². The van der Waals surface area contributed by atoms with Crippen LogP contribution in [0.25, 0.3) is 0 Å². The van der Waals surface area contributed by atoms with Gasteiger partial charge in [-0.25, -0.2) is 0 Å². The van der Waals surface area contributed by atoms with Crippen LogP contribution in [-0.4, -0.2) is 46.7 Å². The minimum Gasteiger partial charge on any atom is -0.392 e. The monoisotopic (exact) mass is 228 g/mol. The number of nitrogens with one attached hydrogen (secondary N) is 1. The Morgan fingerprint density at radius 3 is 2.69 bits per heavy atom. The van der Waals surface area contributed by atoms with Gasteiger partial charge in [-0.15, -0.1) is 0 Å². The third-order valence-electron chi connectivity index (χ3n) is 3.47. The molecule has 1 aliphatic heterocycles. The molecule has 2 atom stereocenters. The van der Waals surface area contributed by atoms with Gasteiger partial charge >= 0.3 is 0 Å². The third kappa shape index (κ3) is 3.46. The van der Waals surface area contributed by atoms with Crippen molar-refractivity contribution in [1.29, 1.82) is 0 Å². The van der Waals surface area contributed by atoms with Gasteiger partial charge in [0.25, 0.3) is 0 Å². The molecule has 0 bridgehead atoms. The molecule has 1 amide bonds. The Kier molecular flexibility index (Phi) is 4.33. The van der Waals surface area contributed by atoms with Crippen molar-refractivity contribution >= 4 is 5.91 Å². The minimum absolute atomic E-state index is 0.0564. The van der Waals surface area contributed by atoms with Gasteiger partial charge in [0.05, 0.1) is 12.1 Å². The van der Waals surface area contributed by atoms with Gasteiger partial charge in [-0.3, -0.25) is 9.69 Å². The van der Waals surface area contributed by atoms with E-state index in [0.29, 0.717) is 6.54 Å². The molecule has 0 aromatic carbocycles. The minimum atomic E-state index is -0.269. The summed E-state index contributed by atoms with van der Waals surface area (Å²) in [6.45, 7) is 9.43. The van der Waals surface area contributed by atoms with Crippen LogP contribution in [0, 0.1) is 0 Å². The van der Waals surface area contributed by atoms with Gasteiger partial charge in [0, 0.05) is 18.6 Å². The second kappa shape index (κ2) is 5.15. The van der Waals surface area contributed by atoms with Crippen molar-refractivity contribution in [3.63, 3.8) is 0 Å². The Hall–Kier alpha value is -0.610. The Balaban J connectivity index is 2.48. The molecule has 0 spiro atoms. The van der Waals surface area contributed by atoms with Crippen molar-refractivity contribution in [1.82, 2.24) is 10.2 Å². The molecule has 1 rings (SSSR count). The zero-order chi connectivity index (χ0) is 12.3. The number of carbonyl (C=O) groups is 1. The first-order chi connectivity index (χ1) is 7.35. The van der Waals surface area contributed by atoms with E-state index in [1.165, 1.54) is 0 Å². The molecule has 0 aromatic rings. The zero-order valence-corrected chi connectivity index (χ0v) is 10.8. The lowest BCUT2D eigenvalue weighted by Gasteiger charge is -2.29. The topological polar surface area (TPSA) is 52.6 Å². The molecule has 1 fully saturated rings. The SMILES string of the molecule is CCC(C)(C)NC(=O)C(C)N1CC[C@@H](O)C1. The van der Waals surface area contributed by atoms with Gasteiger partial charge in [0.1, 0.15) is 0 Å². The number of likely N-dealkylation sites (tertiary alicyclic amines) is 1. The third-order valence-corrected chi connectivity index (χ3v) is 3.47. The number of rotatable bonds is 4. The number of hydrogen-bond acceptors (Lipinski definition) is 3. The molecule has 0 radical (unpaired) electrons. The normalized spacial score (nSPS) is 24.4. The van der Waals surface area contributed by atoms with E-state index in [-0.39, 0.29) is 23.6 Å². The van der Waals surface area contributed by atoms with Crippen LogP contribution in [0.4, 0.5) is 0 Å². The van der Waals surface area contributed by atoms with Crippen molar-refractivity contribution in [3.8, 4) is 0 Å². The molecule has 1 saturated heterocycles. The number of aliphatic hydroxyl groups excluding tert-OH is 1. The largest absolute Gasteiger partial charge is 0.392 e. The molecule has 0 aliphatic carbocycles. The molecule has 16 heavy (non-hydrogen) atoms. The molecule has 0 aromatic heterocycles.